The Morgan fingerprint density at radius 3 is 2.66 bits per heavy atom. The molecule has 0 unspecified atom stereocenters. The predicted octanol–water partition coefficient (Wildman–Crippen LogP) is 3.89. The van der Waals surface area contributed by atoms with Crippen LogP contribution in [0.1, 0.15) is 32.3 Å². The number of carbonyl (C=O) groups excluding carboxylic acids is 2. The molecule has 10 heteroatoms. The van der Waals surface area contributed by atoms with E-state index in [2.05, 4.69) is 10.3 Å². The SMILES string of the molecule is CCCN(CC(N)=O)C(=O)C1=Cc2cc(-c3ccc(NC(=N)OCC)cc3Cl)ccc2N=C(N)C1. The molecular weight excluding hydrogens is 468 g/mol. The topological polar surface area (TPSA) is 147 Å². The van der Waals surface area contributed by atoms with Gasteiger partial charge in [-0.2, -0.15) is 0 Å². The second-order valence-corrected chi connectivity index (χ2v) is 8.41. The Morgan fingerprint density at radius 1 is 1.23 bits per heavy atom. The van der Waals surface area contributed by atoms with Gasteiger partial charge in [-0.15, -0.1) is 0 Å². The maximum Gasteiger partial charge on any atom is 0.286 e. The minimum Gasteiger partial charge on any atom is -0.466 e. The maximum atomic E-state index is 13.2. The van der Waals surface area contributed by atoms with Crippen LogP contribution in [0.2, 0.25) is 5.02 Å². The smallest absolute Gasteiger partial charge is 0.286 e. The first kappa shape index (κ1) is 25.8. The largest absolute Gasteiger partial charge is 0.466 e. The van der Waals surface area contributed by atoms with Gasteiger partial charge in [0.15, 0.2) is 0 Å². The van der Waals surface area contributed by atoms with Crippen LogP contribution < -0.4 is 16.8 Å². The highest BCUT2D eigenvalue weighted by molar-refractivity contribution is 6.33. The molecule has 0 radical (unpaired) electrons. The van der Waals surface area contributed by atoms with Crippen molar-refractivity contribution in [2.75, 3.05) is 25.0 Å². The van der Waals surface area contributed by atoms with Crippen LogP contribution in [0, 0.1) is 5.41 Å². The number of fused-ring (bicyclic) bond motifs is 1. The van der Waals surface area contributed by atoms with E-state index in [0.29, 0.717) is 52.9 Å². The maximum absolute atomic E-state index is 13.2. The molecule has 0 aliphatic carbocycles. The molecule has 2 aromatic carbocycles. The number of nitrogens with zero attached hydrogens (tertiary/aromatic N) is 2. The number of aliphatic imine (C=N–C) groups is 1. The van der Waals surface area contributed by atoms with Crippen molar-refractivity contribution in [1.29, 1.82) is 5.41 Å². The highest BCUT2D eigenvalue weighted by Gasteiger charge is 2.22. The Morgan fingerprint density at radius 2 is 2.00 bits per heavy atom. The lowest BCUT2D eigenvalue weighted by Gasteiger charge is -2.21. The number of halogens is 1. The molecule has 35 heavy (non-hydrogen) atoms. The number of hydrogen-bond acceptors (Lipinski definition) is 6. The van der Waals surface area contributed by atoms with Crippen molar-refractivity contribution in [3.05, 3.63) is 52.6 Å². The molecule has 1 aliphatic heterocycles. The van der Waals surface area contributed by atoms with E-state index >= 15 is 0 Å². The summed E-state index contributed by atoms with van der Waals surface area (Å²) < 4.78 is 5.11. The van der Waals surface area contributed by atoms with E-state index < -0.39 is 5.91 Å². The molecule has 0 saturated heterocycles. The molecule has 1 heterocycles. The zero-order valence-corrected chi connectivity index (χ0v) is 20.5. The number of amides is 2. The highest BCUT2D eigenvalue weighted by Crippen LogP contribution is 2.35. The number of carbonyl (C=O) groups is 2. The third-order valence-electron chi connectivity index (χ3n) is 5.22. The van der Waals surface area contributed by atoms with E-state index in [4.69, 9.17) is 33.2 Å². The van der Waals surface area contributed by atoms with Crippen molar-refractivity contribution in [3.8, 4) is 11.1 Å². The number of amidine groups is 2. The van der Waals surface area contributed by atoms with Gasteiger partial charge in [0.25, 0.3) is 11.9 Å². The number of rotatable bonds is 8. The van der Waals surface area contributed by atoms with Crippen LogP contribution in [-0.4, -0.2) is 48.3 Å². The number of anilines is 1. The molecule has 0 saturated carbocycles. The number of primary amides is 1. The number of nitrogens with two attached hydrogens (primary N) is 2. The van der Waals surface area contributed by atoms with Crippen LogP contribution in [0.5, 0.6) is 0 Å². The molecule has 0 atom stereocenters. The molecular formula is C25H29ClN6O3. The van der Waals surface area contributed by atoms with Crippen LogP contribution in [0.15, 0.2) is 47.0 Å². The van der Waals surface area contributed by atoms with Crippen LogP contribution >= 0.6 is 11.6 Å². The summed E-state index contributed by atoms with van der Waals surface area (Å²) in [6.45, 7) is 4.35. The minimum absolute atomic E-state index is 0.0624. The van der Waals surface area contributed by atoms with E-state index in [0.717, 1.165) is 11.1 Å². The van der Waals surface area contributed by atoms with Gasteiger partial charge in [0.1, 0.15) is 5.84 Å². The van der Waals surface area contributed by atoms with E-state index in [1.807, 2.05) is 31.2 Å². The standard InChI is InChI=1S/C25H29ClN6O3/c1-3-9-32(14-23(28)33)24(34)17-11-16-10-15(5-8-21(16)31-22(27)12-17)19-7-6-18(13-20(19)26)30-25(29)35-4-2/h5-8,10-11,13H,3-4,9,12,14H2,1-2H3,(H2,27,31)(H2,28,33)(H2,29,30). The van der Waals surface area contributed by atoms with Crippen molar-refractivity contribution in [2.45, 2.75) is 26.7 Å². The second-order valence-electron chi connectivity index (χ2n) is 8.00. The molecule has 6 N–H and O–H groups in total. The second kappa shape index (κ2) is 11.5. The third-order valence-corrected chi connectivity index (χ3v) is 5.53. The van der Waals surface area contributed by atoms with Crippen LogP contribution in [0.25, 0.3) is 17.2 Å². The number of benzene rings is 2. The molecule has 1 aliphatic rings. The Kier molecular flexibility index (Phi) is 8.48. The lowest BCUT2D eigenvalue weighted by Crippen LogP contribution is -2.40. The van der Waals surface area contributed by atoms with E-state index in [1.54, 1.807) is 25.1 Å². The fourth-order valence-electron chi connectivity index (χ4n) is 3.76. The molecule has 0 spiro atoms. The summed E-state index contributed by atoms with van der Waals surface area (Å²) in [5, 5.41) is 11.1. The van der Waals surface area contributed by atoms with Crippen LogP contribution in [0.3, 0.4) is 0 Å². The first-order chi connectivity index (χ1) is 16.7. The molecule has 3 rings (SSSR count). The van der Waals surface area contributed by atoms with Gasteiger partial charge in [-0.3, -0.25) is 15.0 Å². The average molecular weight is 497 g/mol. The summed E-state index contributed by atoms with van der Waals surface area (Å²) in [6.07, 6.45) is 2.60. The van der Waals surface area contributed by atoms with Crippen molar-refractivity contribution in [1.82, 2.24) is 4.90 Å². The zero-order chi connectivity index (χ0) is 25.5. The van der Waals surface area contributed by atoms with Gasteiger partial charge in [0.2, 0.25) is 5.91 Å². The van der Waals surface area contributed by atoms with Crippen molar-refractivity contribution in [3.63, 3.8) is 0 Å². The number of nitrogens with one attached hydrogen (secondary N) is 2. The first-order valence-corrected chi connectivity index (χ1v) is 11.6. The summed E-state index contributed by atoms with van der Waals surface area (Å²) in [5.41, 5.74) is 15.4. The number of hydrogen-bond donors (Lipinski definition) is 4. The summed E-state index contributed by atoms with van der Waals surface area (Å²) in [6, 6.07) is 10.9. The van der Waals surface area contributed by atoms with Crippen molar-refractivity contribution in [2.24, 2.45) is 16.5 Å². The predicted molar refractivity (Wildman–Crippen MR) is 140 cm³/mol. The van der Waals surface area contributed by atoms with Gasteiger partial charge in [0, 0.05) is 35.4 Å². The van der Waals surface area contributed by atoms with Crippen molar-refractivity contribution < 1.29 is 14.3 Å². The summed E-state index contributed by atoms with van der Waals surface area (Å²) in [5.74, 6) is -0.571. The molecule has 2 amide bonds. The van der Waals surface area contributed by atoms with E-state index in [9.17, 15) is 9.59 Å². The van der Waals surface area contributed by atoms with Gasteiger partial charge in [-0.05, 0) is 49.2 Å². The lowest BCUT2D eigenvalue weighted by atomic mass is 9.99. The average Bonchev–Trinajstić information content (AvgIpc) is 2.95. The van der Waals surface area contributed by atoms with Gasteiger partial charge in [-0.25, -0.2) is 4.99 Å². The molecule has 184 valence electrons. The normalized spacial score (nSPS) is 12.5. The first-order valence-electron chi connectivity index (χ1n) is 11.2. The summed E-state index contributed by atoms with van der Waals surface area (Å²) in [4.78, 5) is 30.6. The summed E-state index contributed by atoms with van der Waals surface area (Å²) in [7, 11) is 0. The minimum atomic E-state index is -0.575. The molecule has 9 nitrogen and oxygen atoms in total. The zero-order valence-electron chi connectivity index (χ0n) is 19.7. The van der Waals surface area contributed by atoms with Gasteiger partial charge < -0.3 is 26.4 Å². The van der Waals surface area contributed by atoms with Gasteiger partial charge in [0.05, 0.1) is 23.9 Å². The highest BCUT2D eigenvalue weighted by atomic mass is 35.5. The third kappa shape index (κ3) is 6.60. The van der Waals surface area contributed by atoms with Gasteiger partial charge in [-0.1, -0.05) is 30.7 Å². The Labute approximate surface area is 209 Å². The van der Waals surface area contributed by atoms with Crippen LogP contribution in [0.4, 0.5) is 11.4 Å². The van der Waals surface area contributed by atoms with E-state index in [-0.39, 0.29) is 24.9 Å². The molecule has 2 aromatic rings. The summed E-state index contributed by atoms with van der Waals surface area (Å²) >= 11 is 6.55. The molecule has 0 fully saturated rings. The quantitative estimate of drug-likeness (QED) is 0.323. The fourth-order valence-corrected chi connectivity index (χ4v) is 4.05. The van der Waals surface area contributed by atoms with Crippen LogP contribution in [-0.2, 0) is 14.3 Å². The van der Waals surface area contributed by atoms with E-state index in [1.165, 1.54) is 4.90 Å². The van der Waals surface area contributed by atoms with Crippen molar-refractivity contribution >= 4 is 52.7 Å². The molecule has 0 bridgehead atoms. The fraction of sp³-hybridized carbons (Fsp3) is 0.280. The Bertz CT molecular complexity index is 1210. The monoisotopic (exact) mass is 496 g/mol. The Hall–Kier alpha value is -3.85. The van der Waals surface area contributed by atoms with Gasteiger partial charge >= 0.3 is 0 Å². The molecule has 0 aromatic heterocycles. The lowest BCUT2D eigenvalue weighted by molar-refractivity contribution is -0.132. The Balaban J connectivity index is 1.96. The number of ether oxygens (including phenoxy) is 1.